The first kappa shape index (κ1) is 21.5. The Morgan fingerprint density at radius 3 is 1.94 bits per heavy atom. The Hall–Kier alpha value is -4.04. The average molecular weight is 456 g/mol. The van der Waals surface area contributed by atoms with Crippen molar-refractivity contribution in [1.82, 2.24) is 0 Å². The second-order valence-electron chi connectivity index (χ2n) is 9.55. The molecule has 0 unspecified atom stereocenters. The van der Waals surface area contributed by atoms with Crippen LogP contribution in [-0.4, -0.2) is 0 Å². The smallest absolute Gasteiger partial charge is 0.199 e. The Kier molecular flexibility index (Phi) is 5.50. The van der Waals surface area contributed by atoms with Gasteiger partial charge in [0, 0.05) is 16.8 Å². The maximum Gasteiger partial charge on any atom is 0.199 e. The lowest BCUT2D eigenvalue weighted by Crippen LogP contribution is -2.40. The molecule has 0 fully saturated rings. The molecular weight excluding hydrogens is 426 g/mol. The van der Waals surface area contributed by atoms with E-state index < -0.39 is 0 Å². The van der Waals surface area contributed by atoms with Crippen LogP contribution in [0.1, 0.15) is 54.3 Å². The van der Waals surface area contributed by atoms with Gasteiger partial charge in [0.25, 0.3) is 0 Å². The summed E-state index contributed by atoms with van der Waals surface area (Å²) in [6, 6.07) is 43.3. The molecule has 0 amide bonds. The number of anilines is 1. The molecule has 0 aromatic heterocycles. The van der Waals surface area contributed by atoms with Gasteiger partial charge in [-0.25, -0.2) is 0 Å². The number of benzene rings is 5. The van der Waals surface area contributed by atoms with Crippen molar-refractivity contribution in [1.29, 1.82) is 0 Å². The molecule has 0 radical (unpaired) electrons. The average Bonchev–Trinajstić information content (AvgIpc) is 2.93. The van der Waals surface area contributed by atoms with Gasteiger partial charge in [-0.2, -0.15) is 0 Å². The van der Waals surface area contributed by atoms with Crippen molar-refractivity contribution in [2.24, 2.45) is 0 Å². The molecule has 0 bridgehead atoms. The van der Waals surface area contributed by atoms with Gasteiger partial charge in [-0.3, -0.25) is 0 Å². The summed E-state index contributed by atoms with van der Waals surface area (Å²) < 4.78 is 6.85. The summed E-state index contributed by atoms with van der Waals surface area (Å²) in [5.41, 5.74) is 6.10. The van der Waals surface area contributed by atoms with Gasteiger partial charge in [0.1, 0.15) is 5.75 Å². The van der Waals surface area contributed by atoms with Crippen molar-refractivity contribution >= 4 is 16.5 Å². The molecule has 172 valence electrons. The van der Waals surface area contributed by atoms with Crippen molar-refractivity contribution in [2.45, 2.75) is 32.0 Å². The van der Waals surface area contributed by atoms with Crippen molar-refractivity contribution < 1.29 is 4.74 Å². The summed E-state index contributed by atoms with van der Waals surface area (Å²) in [5.74, 6) is 1.43. The van der Waals surface area contributed by atoms with Crippen LogP contribution in [0.4, 0.5) is 5.69 Å². The van der Waals surface area contributed by atoms with E-state index in [2.05, 4.69) is 140 Å². The van der Waals surface area contributed by atoms with Crippen LogP contribution < -0.4 is 9.64 Å². The van der Waals surface area contributed by atoms with E-state index in [1.165, 1.54) is 27.5 Å². The first-order valence-corrected chi connectivity index (χ1v) is 12.4. The third-order valence-electron chi connectivity index (χ3n) is 7.03. The summed E-state index contributed by atoms with van der Waals surface area (Å²) >= 11 is 0. The summed E-state index contributed by atoms with van der Waals surface area (Å²) in [6.07, 6.45) is -0.250. The predicted octanol–water partition coefficient (Wildman–Crippen LogP) is 8.65. The molecule has 5 aromatic carbocycles. The van der Waals surface area contributed by atoms with E-state index in [4.69, 9.17) is 4.74 Å². The van der Waals surface area contributed by atoms with Crippen LogP contribution >= 0.6 is 0 Å². The Morgan fingerprint density at radius 2 is 1.26 bits per heavy atom. The highest BCUT2D eigenvalue weighted by Crippen LogP contribution is 2.50. The van der Waals surface area contributed by atoms with Gasteiger partial charge in [0.05, 0.1) is 6.04 Å². The number of ether oxygens (including phenoxy) is 1. The van der Waals surface area contributed by atoms with Crippen LogP contribution in [0, 0.1) is 0 Å². The molecule has 0 saturated carbocycles. The normalized spacial score (nSPS) is 17.3. The molecule has 0 spiro atoms. The van der Waals surface area contributed by atoms with E-state index in [1.54, 1.807) is 0 Å². The Bertz CT molecular complexity index is 1440. The second kappa shape index (κ2) is 8.96. The van der Waals surface area contributed by atoms with E-state index in [0.717, 1.165) is 17.0 Å². The van der Waals surface area contributed by atoms with Crippen LogP contribution in [-0.2, 0) is 0 Å². The number of nitrogens with zero attached hydrogens (tertiary/aromatic N) is 1. The quantitative estimate of drug-likeness (QED) is 0.269. The van der Waals surface area contributed by atoms with Crippen LogP contribution in [0.3, 0.4) is 0 Å². The number of fused-ring (bicyclic) bond motifs is 3. The zero-order chi connectivity index (χ0) is 23.8. The zero-order valence-corrected chi connectivity index (χ0v) is 20.1. The fourth-order valence-electron chi connectivity index (χ4n) is 5.24. The molecule has 2 heteroatoms. The van der Waals surface area contributed by atoms with E-state index in [9.17, 15) is 0 Å². The van der Waals surface area contributed by atoms with E-state index in [-0.39, 0.29) is 12.3 Å². The lowest BCUT2D eigenvalue weighted by Gasteiger charge is -2.45. The van der Waals surface area contributed by atoms with E-state index >= 15 is 0 Å². The monoisotopic (exact) mass is 455 g/mol. The Labute approximate surface area is 207 Å². The molecule has 0 aliphatic carbocycles. The third kappa shape index (κ3) is 3.85. The predicted molar refractivity (Wildman–Crippen MR) is 145 cm³/mol. The van der Waals surface area contributed by atoms with Gasteiger partial charge in [-0.05, 0) is 46.0 Å². The molecule has 0 saturated heterocycles. The minimum atomic E-state index is -0.250. The maximum atomic E-state index is 6.85. The third-order valence-corrected chi connectivity index (χ3v) is 7.03. The van der Waals surface area contributed by atoms with Crippen molar-refractivity contribution in [2.75, 3.05) is 4.90 Å². The molecule has 35 heavy (non-hydrogen) atoms. The highest BCUT2D eigenvalue weighted by atomic mass is 16.5. The molecule has 6 rings (SSSR count). The lowest BCUT2D eigenvalue weighted by atomic mass is 9.89. The van der Waals surface area contributed by atoms with E-state index in [0.29, 0.717) is 5.92 Å². The van der Waals surface area contributed by atoms with Crippen LogP contribution in [0.25, 0.3) is 10.8 Å². The highest BCUT2D eigenvalue weighted by Gasteiger charge is 2.39. The molecule has 1 heterocycles. The van der Waals surface area contributed by atoms with Gasteiger partial charge in [0.2, 0.25) is 0 Å². The first-order valence-electron chi connectivity index (χ1n) is 12.4. The van der Waals surface area contributed by atoms with Crippen molar-refractivity contribution in [3.05, 3.63) is 144 Å². The SMILES string of the molecule is CC(C)c1ccc(N2[C@H](c3ccccc3)c3c(ccc4ccccc34)O[C@H]2c2ccccc2)cc1. The van der Waals surface area contributed by atoms with Gasteiger partial charge < -0.3 is 9.64 Å². The van der Waals surface area contributed by atoms with Crippen LogP contribution in [0.2, 0.25) is 0 Å². The standard InChI is InChI=1S/C33H29NO/c1-23(2)24-17-20-28(21-18-24)34-32(26-12-5-3-6-13-26)31-29-16-10-9-11-25(29)19-22-30(31)35-33(34)27-14-7-4-8-15-27/h3-23,32-33H,1-2H3/t32-,33+/m1/s1. The van der Waals surface area contributed by atoms with Crippen molar-refractivity contribution in [3.8, 4) is 5.75 Å². The van der Waals surface area contributed by atoms with E-state index in [1.807, 2.05) is 0 Å². The molecule has 2 nitrogen and oxygen atoms in total. The van der Waals surface area contributed by atoms with Gasteiger partial charge in [-0.1, -0.05) is 117 Å². The fraction of sp³-hybridized carbons (Fsp3) is 0.152. The van der Waals surface area contributed by atoms with Crippen molar-refractivity contribution in [3.63, 3.8) is 0 Å². The Morgan fingerprint density at radius 1 is 0.629 bits per heavy atom. The van der Waals surface area contributed by atoms with Gasteiger partial charge >= 0.3 is 0 Å². The number of hydrogen-bond donors (Lipinski definition) is 0. The van der Waals surface area contributed by atoms with Crippen LogP contribution in [0.5, 0.6) is 5.75 Å². The maximum absolute atomic E-state index is 6.85. The number of hydrogen-bond acceptors (Lipinski definition) is 2. The fourth-order valence-corrected chi connectivity index (χ4v) is 5.24. The topological polar surface area (TPSA) is 12.5 Å². The zero-order valence-electron chi connectivity index (χ0n) is 20.1. The molecule has 1 aliphatic heterocycles. The molecule has 1 aliphatic rings. The van der Waals surface area contributed by atoms with Crippen LogP contribution in [0.15, 0.2) is 121 Å². The molecular formula is C33H29NO. The Balaban J connectivity index is 1.63. The largest absolute Gasteiger partial charge is 0.466 e. The number of rotatable bonds is 4. The van der Waals surface area contributed by atoms with Gasteiger partial charge in [-0.15, -0.1) is 0 Å². The minimum Gasteiger partial charge on any atom is -0.466 e. The summed E-state index contributed by atoms with van der Waals surface area (Å²) in [6.45, 7) is 4.47. The van der Waals surface area contributed by atoms with Gasteiger partial charge in [0.15, 0.2) is 6.23 Å². The first-order chi connectivity index (χ1) is 17.2. The highest BCUT2D eigenvalue weighted by molar-refractivity contribution is 5.89. The molecule has 5 aromatic rings. The molecule has 2 atom stereocenters. The minimum absolute atomic E-state index is 0.00107. The summed E-state index contributed by atoms with van der Waals surface area (Å²) in [5, 5.41) is 2.46. The molecule has 0 N–H and O–H groups in total. The summed E-state index contributed by atoms with van der Waals surface area (Å²) in [7, 11) is 0. The summed E-state index contributed by atoms with van der Waals surface area (Å²) in [4.78, 5) is 2.45. The lowest BCUT2D eigenvalue weighted by molar-refractivity contribution is 0.170. The second-order valence-corrected chi connectivity index (χ2v) is 9.55.